The van der Waals surface area contributed by atoms with Crippen molar-refractivity contribution in [2.24, 2.45) is 5.73 Å². The predicted molar refractivity (Wildman–Crippen MR) is 118 cm³/mol. The van der Waals surface area contributed by atoms with Gasteiger partial charge in [0.05, 0.1) is 41.4 Å². The molecule has 3 heterocycles. The number of fused-ring (bicyclic) bond motifs is 1. The van der Waals surface area contributed by atoms with E-state index in [1.165, 1.54) is 11.5 Å². The number of H-pyrrole nitrogens is 2. The van der Waals surface area contributed by atoms with Gasteiger partial charge < -0.3 is 16.0 Å². The van der Waals surface area contributed by atoms with Crippen molar-refractivity contribution in [1.29, 1.82) is 0 Å². The summed E-state index contributed by atoms with van der Waals surface area (Å²) in [6, 6.07) is 5.71. The smallest absolute Gasteiger partial charge is 0.254 e. The zero-order chi connectivity index (χ0) is 21.6. The van der Waals surface area contributed by atoms with E-state index in [-0.39, 0.29) is 17.9 Å². The molecule has 0 aliphatic carbocycles. The number of aromatic nitrogens is 5. The van der Waals surface area contributed by atoms with Crippen LogP contribution in [0.15, 0.2) is 42.2 Å². The number of carbonyl (C=O) groups is 2. The number of rotatable bonds is 10. The minimum atomic E-state index is -0.292. The Bertz CT molecular complexity index is 1170. The summed E-state index contributed by atoms with van der Waals surface area (Å²) in [6.45, 7) is 0. The summed E-state index contributed by atoms with van der Waals surface area (Å²) in [4.78, 5) is 31.4. The lowest BCUT2D eigenvalue weighted by Gasteiger charge is -2.16. The topological polar surface area (TPSA) is 142 Å². The lowest BCUT2D eigenvalue weighted by Crippen LogP contribution is -2.29. The summed E-state index contributed by atoms with van der Waals surface area (Å²) in [5.41, 5.74) is 8.56. The second-order valence-electron chi connectivity index (χ2n) is 7.36. The first-order valence-corrected chi connectivity index (χ1v) is 10.9. The van der Waals surface area contributed by atoms with Crippen LogP contribution < -0.4 is 11.1 Å². The maximum atomic E-state index is 12.6. The van der Waals surface area contributed by atoms with E-state index in [9.17, 15) is 9.59 Å². The first kappa shape index (κ1) is 20.7. The number of nitrogens with two attached hydrogens (primary N) is 1. The molecule has 1 unspecified atom stereocenters. The number of nitrogens with one attached hydrogen (secondary N) is 3. The Morgan fingerprint density at radius 1 is 1.16 bits per heavy atom. The highest BCUT2D eigenvalue weighted by Gasteiger charge is 2.19. The lowest BCUT2D eigenvalue weighted by atomic mass is 10.1. The first-order chi connectivity index (χ1) is 15.1. The molecule has 0 bridgehead atoms. The average molecular weight is 438 g/mol. The molecule has 0 radical (unpaired) electrons. The third-order valence-electron chi connectivity index (χ3n) is 5.09. The van der Waals surface area contributed by atoms with Crippen molar-refractivity contribution in [3.8, 4) is 11.3 Å². The van der Waals surface area contributed by atoms with Gasteiger partial charge in [-0.25, -0.2) is 9.36 Å². The summed E-state index contributed by atoms with van der Waals surface area (Å²) in [7, 11) is 0. The molecule has 31 heavy (non-hydrogen) atoms. The summed E-state index contributed by atoms with van der Waals surface area (Å²) in [5.74, 6) is 0.211. The third-order valence-corrected chi connectivity index (χ3v) is 5.68. The van der Waals surface area contributed by atoms with Gasteiger partial charge in [-0.15, -0.1) is 0 Å². The molecule has 1 atom stereocenters. The van der Waals surface area contributed by atoms with Crippen molar-refractivity contribution in [2.75, 3.05) is 0 Å². The standard InChI is InChI=1S/C21H23N7O2S/c22-19(29)5-3-1-2-4-17(27-21(30)15-10-25-31-12-15)20-23-11-18(26-20)13-6-7-16-14(8-13)9-24-28-16/h6-12,17H,1-5H2,(H2,22,29)(H,23,26)(H,24,28)(H,27,30). The molecule has 3 aromatic heterocycles. The molecule has 2 amide bonds. The van der Waals surface area contributed by atoms with E-state index in [0.717, 1.165) is 41.4 Å². The van der Waals surface area contributed by atoms with Crippen molar-refractivity contribution >= 4 is 34.2 Å². The van der Waals surface area contributed by atoms with Crippen LogP contribution in [-0.4, -0.2) is 36.4 Å². The van der Waals surface area contributed by atoms with Gasteiger partial charge in [0.1, 0.15) is 5.82 Å². The van der Waals surface area contributed by atoms with Gasteiger partial charge in [-0.2, -0.15) is 5.10 Å². The molecule has 4 aromatic rings. The predicted octanol–water partition coefficient (Wildman–Crippen LogP) is 3.32. The van der Waals surface area contributed by atoms with Crippen LogP contribution in [0, 0.1) is 0 Å². The van der Waals surface area contributed by atoms with E-state index < -0.39 is 0 Å². The molecule has 0 aliphatic rings. The van der Waals surface area contributed by atoms with E-state index in [2.05, 4.69) is 29.9 Å². The van der Waals surface area contributed by atoms with Gasteiger partial charge in [0.25, 0.3) is 5.91 Å². The normalized spacial score (nSPS) is 12.1. The molecule has 160 valence electrons. The first-order valence-electron chi connectivity index (χ1n) is 10.1. The van der Waals surface area contributed by atoms with Crippen LogP contribution in [0.3, 0.4) is 0 Å². The highest BCUT2D eigenvalue weighted by Crippen LogP contribution is 2.25. The van der Waals surface area contributed by atoms with Gasteiger partial charge in [-0.1, -0.05) is 18.9 Å². The molecule has 1 aromatic carbocycles. The van der Waals surface area contributed by atoms with Crippen LogP contribution in [0.4, 0.5) is 0 Å². The number of carbonyl (C=O) groups excluding carboxylic acids is 2. The zero-order valence-electron chi connectivity index (χ0n) is 16.8. The fourth-order valence-corrected chi connectivity index (χ4v) is 3.95. The Labute approximate surface area is 182 Å². The van der Waals surface area contributed by atoms with Gasteiger partial charge in [0.2, 0.25) is 5.91 Å². The van der Waals surface area contributed by atoms with E-state index in [1.54, 1.807) is 24.0 Å². The van der Waals surface area contributed by atoms with Gasteiger partial charge in [-0.05, 0) is 36.5 Å². The Kier molecular flexibility index (Phi) is 6.37. The van der Waals surface area contributed by atoms with Gasteiger partial charge >= 0.3 is 0 Å². The summed E-state index contributed by atoms with van der Waals surface area (Å²) < 4.78 is 4.00. The second kappa shape index (κ2) is 9.52. The number of aromatic amines is 2. The molecular formula is C21H23N7O2S. The minimum absolute atomic E-state index is 0.186. The Morgan fingerprint density at radius 3 is 2.87 bits per heavy atom. The van der Waals surface area contributed by atoms with Crippen LogP contribution >= 0.6 is 11.5 Å². The largest absolute Gasteiger partial charge is 0.370 e. The highest BCUT2D eigenvalue weighted by atomic mass is 32.1. The maximum Gasteiger partial charge on any atom is 0.254 e. The van der Waals surface area contributed by atoms with Crippen LogP contribution in [0.5, 0.6) is 0 Å². The molecule has 4 rings (SSSR count). The molecule has 0 saturated heterocycles. The summed E-state index contributed by atoms with van der Waals surface area (Å²) >= 11 is 1.24. The van der Waals surface area contributed by atoms with Crippen LogP contribution in [-0.2, 0) is 4.79 Å². The highest BCUT2D eigenvalue weighted by molar-refractivity contribution is 7.03. The molecule has 9 nitrogen and oxygen atoms in total. The minimum Gasteiger partial charge on any atom is -0.370 e. The van der Waals surface area contributed by atoms with E-state index >= 15 is 0 Å². The zero-order valence-corrected chi connectivity index (χ0v) is 17.6. The number of amides is 2. The number of imidazole rings is 1. The van der Waals surface area contributed by atoms with Crippen molar-refractivity contribution in [2.45, 2.75) is 38.1 Å². The third kappa shape index (κ3) is 5.15. The molecule has 0 fully saturated rings. The number of nitrogens with zero attached hydrogens (tertiary/aromatic N) is 3. The monoisotopic (exact) mass is 437 g/mol. The fraction of sp³-hybridized carbons (Fsp3) is 0.286. The molecule has 10 heteroatoms. The Morgan fingerprint density at radius 2 is 2.06 bits per heavy atom. The Hall–Kier alpha value is -3.53. The number of hydrogen-bond acceptors (Lipinski definition) is 6. The molecule has 0 spiro atoms. The van der Waals surface area contributed by atoms with E-state index in [1.807, 2.05) is 18.2 Å². The summed E-state index contributed by atoms with van der Waals surface area (Å²) in [5, 5.41) is 12.8. The number of primary amides is 1. The number of hydrogen-bond donors (Lipinski definition) is 4. The van der Waals surface area contributed by atoms with E-state index in [0.29, 0.717) is 24.2 Å². The van der Waals surface area contributed by atoms with Crippen LogP contribution in [0.2, 0.25) is 0 Å². The Balaban J connectivity index is 1.49. The average Bonchev–Trinajstić information content (AvgIpc) is 3.53. The fourth-order valence-electron chi connectivity index (χ4n) is 3.43. The number of unbranched alkanes of at least 4 members (excludes halogenated alkanes) is 2. The van der Waals surface area contributed by atoms with Gasteiger partial charge in [0, 0.05) is 22.8 Å². The van der Waals surface area contributed by atoms with Crippen LogP contribution in [0.25, 0.3) is 22.2 Å². The second-order valence-corrected chi connectivity index (χ2v) is 8.02. The van der Waals surface area contributed by atoms with Crippen LogP contribution in [0.1, 0.15) is 54.3 Å². The molecule has 0 aliphatic heterocycles. The van der Waals surface area contributed by atoms with Crippen molar-refractivity contribution < 1.29 is 9.59 Å². The SMILES string of the molecule is NC(=O)CCCCCC(NC(=O)c1cnsc1)c1ncc(-c2ccc3[nH]ncc3c2)[nH]1. The van der Waals surface area contributed by atoms with Gasteiger partial charge in [-0.3, -0.25) is 14.7 Å². The van der Waals surface area contributed by atoms with Gasteiger partial charge in [0.15, 0.2) is 0 Å². The van der Waals surface area contributed by atoms with Crippen molar-refractivity contribution in [3.63, 3.8) is 0 Å². The van der Waals surface area contributed by atoms with E-state index in [4.69, 9.17) is 5.73 Å². The van der Waals surface area contributed by atoms with Crippen molar-refractivity contribution in [1.82, 2.24) is 29.9 Å². The molecule has 5 N–H and O–H groups in total. The quantitative estimate of drug-likeness (QED) is 0.282. The molecular weight excluding hydrogens is 414 g/mol. The maximum absolute atomic E-state index is 12.6. The lowest BCUT2D eigenvalue weighted by molar-refractivity contribution is -0.118. The summed E-state index contributed by atoms with van der Waals surface area (Å²) in [6.07, 6.45) is 8.58. The number of benzene rings is 1. The van der Waals surface area contributed by atoms with Crippen molar-refractivity contribution in [3.05, 3.63) is 53.6 Å². The molecule has 0 saturated carbocycles.